The molecular weight excluding hydrogens is 1880 g/mol. The molecule has 8 N–H and O–H groups in total. The Bertz CT molecular complexity index is 7520. The molecule has 0 radical (unpaired) electrons. The minimum Gasteiger partial charge on any atom is -0.494 e. The fourth-order valence-electron chi connectivity index (χ4n) is 17.6. The molecule has 149 heavy (non-hydrogen) atoms. The highest BCUT2D eigenvalue weighted by molar-refractivity contribution is 6.06. The summed E-state index contributed by atoms with van der Waals surface area (Å²) in [4.78, 5) is 98.7. The average molecular weight is 2010 g/mol. The van der Waals surface area contributed by atoms with Crippen molar-refractivity contribution in [1.82, 2.24) is 77.7 Å². The SMILES string of the molecule is C=CC(=O)Nc1cc(Nc2nccc(-c3cn(C)c4ccccc34)n2)c(OC)cc1N(C)CCN1CCCC1.C=CC(=O)Nc1cc(Nc2nccc(-c3cn(C)c4ccccc34)n2)c(OC)cc1N(CC)CCN(C)C.C=CC(=O)Nc1cc(Nc2nccc(-c3cn(C)c4ccccc34)n2)c(OC)cc1OC1CN(C)C1.C=CC(=O)Nc1cc(Nc2nccc(-c3cn(C)c4ccccc34)n2)c(OC)cc1OCCN(C)C. The molecule has 18 rings (SSSR count). The number of carbonyl (C=O) groups is 4. The Morgan fingerprint density at radius 1 is 0.383 bits per heavy atom. The van der Waals surface area contributed by atoms with Gasteiger partial charge < -0.3 is 114 Å². The lowest BCUT2D eigenvalue weighted by molar-refractivity contribution is -0.112. The van der Waals surface area contributed by atoms with Crippen LogP contribution in [0.15, 0.2) is 270 Å². The van der Waals surface area contributed by atoms with Gasteiger partial charge in [0, 0.05) is 227 Å². The number of anilines is 14. The van der Waals surface area contributed by atoms with E-state index in [4.69, 9.17) is 48.4 Å². The molecular formula is C113H128N26O10. The van der Waals surface area contributed by atoms with Gasteiger partial charge in [-0.15, -0.1) is 0 Å². The van der Waals surface area contributed by atoms with Crippen LogP contribution in [0.25, 0.3) is 88.6 Å². The Morgan fingerprint density at radius 2 is 0.705 bits per heavy atom. The quantitative estimate of drug-likeness (QED) is 0.0166. The van der Waals surface area contributed by atoms with Crippen LogP contribution >= 0.6 is 0 Å². The van der Waals surface area contributed by atoms with E-state index in [2.05, 4.69) is 212 Å². The number of para-hydroxylation sites is 4. The Labute approximate surface area is 867 Å². The van der Waals surface area contributed by atoms with Crippen LogP contribution in [0.4, 0.5) is 80.7 Å². The summed E-state index contributed by atoms with van der Waals surface area (Å²) in [6.45, 7) is 25.6. The van der Waals surface area contributed by atoms with Crippen molar-refractivity contribution in [3.8, 4) is 79.5 Å². The summed E-state index contributed by atoms with van der Waals surface area (Å²) < 4.78 is 43.1. The fraction of sp³-hybridized carbons (Fsp3) is 0.257. The van der Waals surface area contributed by atoms with Gasteiger partial charge in [0.15, 0.2) is 0 Å². The van der Waals surface area contributed by atoms with Crippen LogP contribution in [0.2, 0.25) is 0 Å². The zero-order valence-corrected chi connectivity index (χ0v) is 86.8. The van der Waals surface area contributed by atoms with Crippen molar-refractivity contribution in [1.29, 1.82) is 0 Å². The number of likely N-dealkylation sites (tertiary alicyclic amines) is 2. The van der Waals surface area contributed by atoms with Gasteiger partial charge in [0.2, 0.25) is 47.4 Å². The highest BCUT2D eigenvalue weighted by atomic mass is 16.5. The molecule has 0 saturated carbocycles. The van der Waals surface area contributed by atoms with E-state index in [-0.39, 0.29) is 29.7 Å². The molecule has 4 amide bonds. The molecule has 2 saturated heterocycles. The second kappa shape index (κ2) is 49.4. The summed E-state index contributed by atoms with van der Waals surface area (Å²) in [6, 6.07) is 54.9. The van der Waals surface area contributed by atoms with E-state index >= 15 is 0 Å². The number of ether oxygens (including phenoxy) is 6. The second-order valence-corrected chi connectivity index (χ2v) is 36.2. The molecule has 0 aliphatic carbocycles. The molecule has 10 heterocycles. The number of aromatic nitrogens is 12. The Morgan fingerprint density at radius 3 is 1.05 bits per heavy atom. The zero-order valence-electron chi connectivity index (χ0n) is 86.8. The summed E-state index contributed by atoms with van der Waals surface area (Å²) in [5.74, 6) is 3.67. The number of carbonyl (C=O) groups excluding carboxylic acids is 4. The normalized spacial score (nSPS) is 12.3. The van der Waals surface area contributed by atoms with Gasteiger partial charge in [-0.2, -0.15) is 0 Å². The standard InChI is InChI=1S/C30H35N7O2.C29H35N7O2.C27H28N6O3.C27H30N6O3/c1-5-29(38)32-24-18-25(28(39-4)19-27(24)35(2)16-17-37-14-8-9-15-37)34-30-31-13-12-23(33-30)22-20-36(3)26-11-7-6-10-21(22)26;1-7-28(37)31-23-17-24(27(38-6)18-26(23)36(8-2)16-15-34(3)4)33-29-30-14-13-22(32-29)21-19-35(5)25-12-10-9-11-20(21)25;1-5-26(34)29-22-12-21(24(35-4)13-25(22)36-17-14-32(2)15-17)31-27-28-11-10-20(30-27)19-16-33(3)23-9-7-6-8-18(19)23;1-6-26(34)29-22-15-21(24(35-5)16-25(22)36-14-13-32(2)3)31-27-28-12-11-20(30-27)19-17-33(4)23-10-8-7-9-18(19)23/h5-7,10-13,18-20H,1,8-9,14-17H2,2-4H3,(H,32,38)(H,31,33,34);7,9-14,17-19H,1,8,15-16H2,2-6H3,(H,31,37)(H,30,32,33);5-13,16-17H,1,14-15H2,2-4H3,(H,29,34)(H,28,30,31);6-12,15-17H,1,13-14H2,2-5H3,(H,29,34)(H,28,30,31). The lowest BCUT2D eigenvalue weighted by atomic mass is 10.1. The van der Waals surface area contributed by atoms with Gasteiger partial charge in [-0.25, -0.2) is 39.9 Å². The number of hydrogen-bond donors (Lipinski definition) is 8. The molecule has 0 spiro atoms. The Kier molecular flexibility index (Phi) is 35.1. The van der Waals surface area contributed by atoms with E-state index < -0.39 is 0 Å². The number of methoxy groups -OCH3 is 4. The predicted molar refractivity (Wildman–Crippen MR) is 598 cm³/mol. The first-order valence-corrected chi connectivity index (χ1v) is 48.8. The molecule has 0 bridgehead atoms. The molecule has 0 unspecified atom stereocenters. The number of amides is 4. The van der Waals surface area contributed by atoms with Crippen LogP contribution in [0.1, 0.15) is 19.8 Å². The summed E-state index contributed by atoms with van der Waals surface area (Å²) >= 11 is 0. The van der Waals surface area contributed by atoms with Crippen molar-refractivity contribution in [3.05, 3.63) is 270 Å². The Balaban J connectivity index is 0.000000149. The van der Waals surface area contributed by atoms with E-state index in [0.717, 1.165) is 159 Å². The monoisotopic (exact) mass is 2010 g/mol. The predicted octanol–water partition coefficient (Wildman–Crippen LogP) is 18.6. The number of nitrogens with zero attached hydrogens (tertiary/aromatic N) is 18. The first kappa shape index (κ1) is 106. The first-order chi connectivity index (χ1) is 72.1. The van der Waals surface area contributed by atoms with Gasteiger partial charge in [0.25, 0.3) is 0 Å². The molecule has 8 aromatic heterocycles. The highest BCUT2D eigenvalue weighted by Gasteiger charge is 2.29. The van der Waals surface area contributed by atoms with Crippen molar-refractivity contribution in [2.75, 3.05) is 195 Å². The molecule has 2 fully saturated rings. The summed E-state index contributed by atoms with van der Waals surface area (Å²) in [5, 5.41) is 29.1. The molecule has 0 atom stereocenters. The van der Waals surface area contributed by atoms with Gasteiger partial charge in [-0.3, -0.25) is 24.1 Å². The number of rotatable bonds is 39. The molecule has 2 aliphatic rings. The molecule has 36 heteroatoms. The summed E-state index contributed by atoms with van der Waals surface area (Å²) in [7, 11) is 26.5. The number of hydrogen-bond acceptors (Lipinski definition) is 28. The van der Waals surface area contributed by atoms with Crippen LogP contribution in [-0.4, -0.2) is 250 Å². The first-order valence-electron chi connectivity index (χ1n) is 48.8. The van der Waals surface area contributed by atoms with E-state index in [0.29, 0.717) is 117 Å². The molecule has 770 valence electrons. The number of nitrogens with one attached hydrogen (secondary N) is 8. The van der Waals surface area contributed by atoms with Crippen molar-refractivity contribution in [2.24, 2.45) is 28.2 Å². The summed E-state index contributed by atoms with van der Waals surface area (Å²) in [5.41, 5.74) is 18.2. The second-order valence-electron chi connectivity index (χ2n) is 36.2. The van der Waals surface area contributed by atoms with Crippen LogP contribution in [0.5, 0.6) is 34.5 Å². The van der Waals surface area contributed by atoms with Gasteiger partial charge in [0.05, 0.1) is 108 Å². The maximum absolute atomic E-state index is 12.3. The average Bonchev–Trinajstić information content (AvgIpc) is 1.25. The lowest BCUT2D eigenvalue weighted by Gasteiger charge is -2.36. The minimum atomic E-state index is -0.349. The van der Waals surface area contributed by atoms with Crippen LogP contribution in [0, 0.1) is 0 Å². The maximum atomic E-state index is 12.3. The van der Waals surface area contributed by atoms with Crippen molar-refractivity contribution >= 4 is 148 Å². The third kappa shape index (κ3) is 26.1. The molecule has 16 aromatic rings. The smallest absolute Gasteiger partial charge is 0.247 e. The van der Waals surface area contributed by atoms with Gasteiger partial charge in [0.1, 0.15) is 47.2 Å². The maximum Gasteiger partial charge on any atom is 0.247 e. The largest absolute Gasteiger partial charge is 0.494 e. The molecule has 8 aromatic carbocycles. The third-order valence-corrected chi connectivity index (χ3v) is 25.3. The number of benzene rings is 8. The number of fused-ring (bicyclic) bond motifs is 4. The van der Waals surface area contributed by atoms with Crippen LogP contribution in [-0.2, 0) is 47.4 Å². The topological polar surface area (TPSA) is 362 Å². The lowest BCUT2D eigenvalue weighted by Crippen LogP contribution is -2.51. The third-order valence-electron chi connectivity index (χ3n) is 25.3. The van der Waals surface area contributed by atoms with Crippen molar-refractivity contribution in [2.45, 2.75) is 25.9 Å². The highest BCUT2D eigenvalue weighted by Crippen LogP contribution is 2.45. The molecule has 2 aliphatic heterocycles. The van der Waals surface area contributed by atoms with Crippen LogP contribution in [0.3, 0.4) is 0 Å². The van der Waals surface area contributed by atoms with Gasteiger partial charge in [-0.1, -0.05) is 99.1 Å². The number of aryl methyl sites for hydroxylation is 4. The van der Waals surface area contributed by atoms with Crippen LogP contribution < -0.4 is 80.8 Å². The number of likely N-dealkylation sites (N-methyl/N-ethyl adjacent to an activating group) is 5. The minimum absolute atomic E-state index is 0.0404. The molecule has 36 nitrogen and oxygen atoms in total. The Hall–Kier alpha value is -17.5. The zero-order chi connectivity index (χ0) is 105. The van der Waals surface area contributed by atoms with Gasteiger partial charge in [-0.05, 0) is 165 Å². The van der Waals surface area contributed by atoms with E-state index in [9.17, 15) is 19.2 Å². The summed E-state index contributed by atoms with van der Waals surface area (Å²) in [6.07, 6.45) is 22.6. The van der Waals surface area contributed by atoms with E-state index in [1.807, 2.05) is 172 Å². The van der Waals surface area contributed by atoms with Gasteiger partial charge >= 0.3 is 0 Å². The van der Waals surface area contributed by atoms with E-state index in [1.165, 1.54) is 37.1 Å². The van der Waals surface area contributed by atoms with E-state index in [1.54, 1.807) is 77.5 Å². The fourth-order valence-corrected chi connectivity index (χ4v) is 17.6. The van der Waals surface area contributed by atoms with Crippen molar-refractivity contribution < 1.29 is 47.6 Å². The van der Waals surface area contributed by atoms with Crippen molar-refractivity contribution in [3.63, 3.8) is 0 Å².